The summed E-state index contributed by atoms with van der Waals surface area (Å²) in [5, 5.41) is 20.0. The summed E-state index contributed by atoms with van der Waals surface area (Å²) in [7, 11) is 0. The lowest BCUT2D eigenvalue weighted by molar-refractivity contribution is -0.158. The van der Waals surface area contributed by atoms with Gasteiger partial charge in [-0.1, -0.05) is 13.8 Å². The molecule has 0 aliphatic carbocycles. The molecule has 1 aromatic rings. The second-order valence-electron chi connectivity index (χ2n) is 6.18. The largest absolute Gasteiger partial charge is 0.481 e. The van der Waals surface area contributed by atoms with Gasteiger partial charge in [0, 0.05) is 25.5 Å². The number of nitrogens with zero attached hydrogens (tertiary/aromatic N) is 3. The summed E-state index contributed by atoms with van der Waals surface area (Å²) in [6.07, 6.45) is 5.67. The second-order valence-corrected chi connectivity index (χ2v) is 6.18. The lowest BCUT2D eigenvalue weighted by Gasteiger charge is -2.44. The molecule has 0 amide bonds. The standard InChI is InChI=1S/C15H23N3O3/c1-11(2)3-5-15(14(20)21)10-18(8-4-12(15)19)13-9-16-6-7-17-13/h6-7,9,11-12,19H,3-5,8,10H2,1-2H3,(H,20,21)/t12-,15-/m1/s1. The fraction of sp³-hybridized carbons (Fsp3) is 0.667. The van der Waals surface area contributed by atoms with Crippen LogP contribution in [0.25, 0.3) is 0 Å². The minimum atomic E-state index is -1.12. The van der Waals surface area contributed by atoms with E-state index in [2.05, 4.69) is 23.8 Å². The number of aliphatic carboxylic acids is 1. The Morgan fingerprint density at radius 3 is 2.86 bits per heavy atom. The number of anilines is 1. The Balaban J connectivity index is 2.23. The predicted molar refractivity (Wildman–Crippen MR) is 79.0 cm³/mol. The highest BCUT2D eigenvalue weighted by atomic mass is 16.4. The zero-order valence-electron chi connectivity index (χ0n) is 12.6. The molecule has 0 saturated carbocycles. The Morgan fingerprint density at radius 2 is 2.29 bits per heavy atom. The summed E-state index contributed by atoms with van der Waals surface area (Å²) in [6, 6.07) is 0. The first kappa shape index (κ1) is 15.7. The van der Waals surface area contributed by atoms with E-state index in [0.717, 1.165) is 6.42 Å². The zero-order chi connectivity index (χ0) is 15.5. The number of carboxylic acid groups (broad SMARTS) is 1. The van der Waals surface area contributed by atoms with Crippen molar-refractivity contribution in [3.8, 4) is 0 Å². The molecule has 1 fully saturated rings. The molecule has 6 nitrogen and oxygen atoms in total. The Morgan fingerprint density at radius 1 is 1.52 bits per heavy atom. The topological polar surface area (TPSA) is 86.5 Å². The number of aromatic nitrogens is 2. The molecule has 1 aliphatic heterocycles. The van der Waals surface area contributed by atoms with Crippen molar-refractivity contribution in [2.24, 2.45) is 11.3 Å². The van der Waals surface area contributed by atoms with Crippen molar-refractivity contribution in [3.63, 3.8) is 0 Å². The molecule has 0 bridgehead atoms. The summed E-state index contributed by atoms with van der Waals surface area (Å²) < 4.78 is 0. The molecule has 0 spiro atoms. The first-order valence-electron chi connectivity index (χ1n) is 7.38. The van der Waals surface area contributed by atoms with Gasteiger partial charge in [-0.25, -0.2) is 4.98 Å². The Labute approximate surface area is 124 Å². The van der Waals surface area contributed by atoms with E-state index >= 15 is 0 Å². The number of hydrogen-bond donors (Lipinski definition) is 2. The van der Waals surface area contributed by atoms with Gasteiger partial charge in [0.15, 0.2) is 0 Å². The van der Waals surface area contributed by atoms with Crippen LogP contribution in [0.3, 0.4) is 0 Å². The van der Waals surface area contributed by atoms with Crippen LogP contribution in [0.5, 0.6) is 0 Å². The van der Waals surface area contributed by atoms with Crippen LogP contribution < -0.4 is 4.90 Å². The fourth-order valence-corrected chi connectivity index (χ4v) is 2.84. The lowest BCUT2D eigenvalue weighted by Crippen LogP contribution is -2.56. The van der Waals surface area contributed by atoms with Crippen molar-refractivity contribution in [2.75, 3.05) is 18.0 Å². The van der Waals surface area contributed by atoms with Crippen LogP contribution in [0, 0.1) is 11.3 Å². The van der Waals surface area contributed by atoms with Crippen LogP contribution in [0.4, 0.5) is 5.82 Å². The van der Waals surface area contributed by atoms with E-state index in [-0.39, 0.29) is 6.54 Å². The quantitative estimate of drug-likeness (QED) is 0.856. The molecule has 1 aromatic heterocycles. The average molecular weight is 293 g/mol. The minimum absolute atomic E-state index is 0.273. The number of aliphatic hydroxyl groups is 1. The van der Waals surface area contributed by atoms with E-state index in [1.54, 1.807) is 18.6 Å². The first-order chi connectivity index (χ1) is 9.95. The Bertz CT molecular complexity index is 480. The zero-order valence-corrected chi connectivity index (χ0v) is 12.6. The van der Waals surface area contributed by atoms with Crippen molar-refractivity contribution in [1.82, 2.24) is 9.97 Å². The lowest BCUT2D eigenvalue weighted by atomic mass is 9.73. The van der Waals surface area contributed by atoms with Crippen molar-refractivity contribution < 1.29 is 15.0 Å². The molecule has 6 heteroatoms. The van der Waals surface area contributed by atoms with Crippen molar-refractivity contribution in [2.45, 2.75) is 39.2 Å². The third-order valence-corrected chi connectivity index (χ3v) is 4.25. The maximum Gasteiger partial charge on any atom is 0.314 e. The molecule has 2 N–H and O–H groups in total. The number of carboxylic acids is 1. The average Bonchev–Trinajstić information content (AvgIpc) is 2.47. The molecule has 2 heterocycles. The van der Waals surface area contributed by atoms with E-state index in [0.29, 0.717) is 31.1 Å². The van der Waals surface area contributed by atoms with Gasteiger partial charge in [0.1, 0.15) is 11.2 Å². The third kappa shape index (κ3) is 3.32. The van der Waals surface area contributed by atoms with Gasteiger partial charge in [-0.2, -0.15) is 0 Å². The van der Waals surface area contributed by atoms with Gasteiger partial charge in [0.2, 0.25) is 0 Å². The molecule has 116 valence electrons. The number of rotatable bonds is 5. The van der Waals surface area contributed by atoms with Gasteiger partial charge in [-0.15, -0.1) is 0 Å². The predicted octanol–water partition coefficient (Wildman–Crippen LogP) is 1.55. The molecule has 2 rings (SSSR count). The van der Waals surface area contributed by atoms with Crippen molar-refractivity contribution in [1.29, 1.82) is 0 Å². The van der Waals surface area contributed by atoms with Crippen LogP contribution >= 0.6 is 0 Å². The molecule has 0 aromatic carbocycles. The van der Waals surface area contributed by atoms with Gasteiger partial charge >= 0.3 is 5.97 Å². The summed E-state index contributed by atoms with van der Waals surface area (Å²) in [5.74, 6) is 0.143. The monoisotopic (exact) mass is 293 g/mol. The highest BCUT2D eigenvalue weighted by Crippen LogP contribution is 2.37. The molecular weight excluding hydrogens is 270 g/mol. The molecule has 0 radical (unpaired) electrons. The first-order valence-corrected chi connectivity index (χ1v) is 7.38. The number of carbonyl (C=O) groups is 1. The van der Waals surface area contributed by atoms with E-state index in [1.807, 2.05) is 4.90 Å². The van der Waals surface area contributed by atoms with Gasteiger partial charge in [0.25, 0.3) is 0 Å². The Kier molecular flexibility index (Phi) is 4.77. The number of aliphatic hydroxyl groups excluding tert-OH is 1. The highest BCUT2D eigenvalue weighted by molar-refractivity contribution is 5.77. The number of piperidine rings is 1. The van der Waals surface area contributed by atoms with Gasteiger partial charge < -0.3 is 15.1 Å². The van der Waals surface area contributed by atoms with E-state index in [9.17, 15) is 15.0 Å². The summed E-state index contributed by atoms with van der Waals surface area (Å²) in [4.78, 5) is 22.0. The molecular formula is C15H23N3O3. The molecule has 0 unspecified atom stereocenters. The van der Waals surface area contributed by atoms with E-state index in [1.165, 1.54) is 0 Å². The summed E-state index contributed by atoms with van der Waals surface area (Å²) in [5.41, 5.74) is -1.12. The third-order valence-electron chi connectivity index (χ3n) is 4.25. The van der Waals surface area contributed by atoms with Gasteiger partial charge in [-0.05, 0) is 25.2 Å². The SMILES string of the molecule is CC(C)CC[C@@]1(C(=O)O)CN(c2cnccn2)CC[C@H]1O. The smallest absolute Gasteiger partial charge is 0.314 e. The van der Waals surface area contributed by atoms with Crippen molar-refractivity contribution >= 4 is 11.8 Å². The van der Waals surface area contributed by atoms with Gasteiger partial charge in [0.05, 0.1) is 12.3 Å². The summed E-state index contributed by atoms with van der Waals surface area (Å²) >= 11 is 0. The molecule has 1 saturated heterocycles. The minimum Gasteiger partial charge on any atom is -0.481 e. The van der Waals surface area contributed by atoms with Crippen molar-refractivity contribution in [3.05, 3.63) is 18.6 Å². The second kappa shape index (κ2) is 6.39. The number of hydrogen-bond acceptors (Lipinski definition) is 5. The Hall–Kier alpha value is -1.69. The molecule has 21 heavy (non-hydrogen) atoms. The maximum absolute atomic E-state index is 11.9. The molecule has 2 atom stereocenters. The van der Waals surface area contributed by atoms with Crippen LogP contribution in [0.15, 0.2) is 18.6 Å². The normalized spacial score (nSPS) is 26.1. The van der Waals surface area contributed by atoms with Crippen LogP contribution in [0.1, 0.15) is 33.1 Å². The summed E-state index contributed by atoms with van der Waals surface area (Å²) in [6.45, 7) is 4.99. The maximum atomic E-state index is 11.9. The van der Waals surface area contributed by atoms with Gasteiger partial charge in [-0.3, -0.25) is 9.78 Å². The van der Waals surface area contributed by atoms with E-state index < -0.39 is 17.5 Å². The fourth-order valence-electron chi connectivity index (χ4n) is 2.84. The van der Waals surface area contributed by atoms with Crippen LogP contribution in [-0.4, -0.2) is 45.3 Å². The van der Waals surface area contributed by atoms with Crippen LogP contribution in [-0.2, 0) is 4.79 Å². The molecule has 1 aliphatic rings. The van der Waals surface area contributed by atoms with Crippen LogP contribution in [0.2, 0.25) is 0 Å². The highest BCUT2D eigenvalue weighted by Gasteiger charge is 2.49. The van der Waals surface area contributed by atoms with E-state index in [4.69, 9.17) is 0 Å².